The number of fused-ring (bicyclic) bond motifs is 3. The SMILES string of the molecule is CCn1c(=O)[nH]c2cc(CN3C4CCC3CN(c3ccc(C(=O)NC)nc3C)C4)sc2c1=O. The highest BCUT2D eigenvalue weighted by atomic mass is 32.1. The summed E-state index contributed by atoms with van der Waals surface area (Å²) >= 11 is 1.49. The Balaban J connectivity index is 1.35. The number of carbonyl (C=O) groups is 1. The molecule has 0 radical (unpaired) electrons. The number of thiophene rings is 1. The van der Waals surface area contributed by atoms with E-state index in [1.807, 2.05) is 19.1 Å². The van der Waals surface area contributed by atoms with Crippen LogP contribution in [0.5, 0.6) is 0 Å². The van der Waals surface area contributed by atoms with Crippen LogP contribution in [-0.2, 0) is 13.1 Å². The fraction of sp³-hybridized carbons (Fsp3) is 0.478. The van der Waals surface area contributed by atoms with Gasteiger partial charge in [0.05, 0.1) is 16.9 Å². The molecule has 2 unspecified atom stereocenters. The van der Waals surface area contributed by atoms with E-state index in [0.29, 0.717) is 34.5 Å². The standard InChI is InChI=1S/C23H28N6O3S/c1-4-28-22(31)20-18(26-23(28)32)9-16(33-20)12-29-14-5-6-15(29)11-27(10-14)19-8-7-17(21(30)24-3)25-13(19)2/h7-9,14-15H,4-6,10-12H2,1-3H3,(H,24,30)(H,26,32). The number of piperazine rings is 1. The molecule has 174 valence electrons. The number of hydrogen-bond donors (Lipinski definition) is 2. The number of aryl methyl sites for hydroxylation is 1. The molecule has 10 heteroatoms. The van der Waals surface area contributed by atoms with Gasteiger partial charge in [0.2, 0.25) is 0 Å². The van der Waals surface area contributed by atoms with Crippen molar-refractivity contribution in [1.82, 2.24) is 24.8 Å². The van der Waals surface area contributed by atoms with Crippen molar-refractivity contribution in [3.63, 3.8) is 0 Å². The Morgan fingerprint density at radius 1 is 1.24 bits per heavy atom. The molecule has 2 N–H and O–H groups in total. The van der Waals surface area contributed by atoms with E-state index in [-0.39, 0.29) is 17.2 Å². The van der Waals surface area contributed by atoms with Crippen LogP contribution in [0.2, 0.25) is 0 Å². The number of aromatic nitrogens is 3. The number of carbonyl (C=O) groups excluding carboxylic acids is 1. The lowest BCUT2D eigenvalue weighted by Crippen LogP contribution is -2.53. The minimum Gasteiger partial charge on any atom is -0.367 e. The van der Waals surface area contributed by atoms with E-state index in [1.165, 1.54) is 15.9 Å². The molecule has 2 aliphatic rings. The van der Waals surface area contributed by atoms with Gasteiger partial charge in [-0.2, -0.15) is 0 Å². The predicted octanol–water partition coefficient (Wildman–Crippen LogP) is 1.69. The first kappa shape index (κ1) is 21.8. The van der Waals surface area contributed by atoms with Crippen LogP contribution in [0.3, 0.4) is 0 Å². The van der Waals surface area contributed by atoms with Crippen LogP contribution in [0.4, 0.5) is 5.69 Å². The van der Waals surface area contributed by atoms with Crippen LogP contribution < -0.4 is 21.5 Å². The molecule has 0 spiro atoms. The molecule has 33 heavy (non-hydrogen) atoms. The molecule has 5 heterocycles. The van der Waals surface area contributed by atoms with Crippen molar-refractivity contribution in [1.29, 1.82) is 0 Å². The summed E-state index contributed by atoms with van der Waals surface area (Å²) in [5.74, 6) is -0.176. The van der Waals surface area contributed by atoms with Crippen molar-refractivity contribution in [2.45, 2.75) is 51.9 Å². The predicted molar refractivity (Wildman–Crippen MR) is 129 cm³/mol. The Hall–Kier alpha value is -2.98. The topological polar surface area (TPSA) is 103 Å². The quantitative estimate of drug-likeness (QED) is 0.591. The zero-order valence-electron chi connectivity index (χ0n) is 19.1. The van der Waals surface area contributed by atoms with Crippen LogP contribution in [0.1, 0.15) is 40.8 Å². The number of H-pyrrole nitrogens is 1. The van der Waals surface area contributed by atoms with E-state index in [9.17, 15) is 14.4 Å². The molecule has 1 amide bonds. The van der Waals surface area contributed by atoms with Crippen LogP contribution in [0, 0.1) is 6.92 Å². The zero-order chi connectivity index (χ0) is 23.3. The van der Waals surface area contributed by atoms with Gasteiger partial charge in [-0.3, -0.25) is 19.1 Å². The Morgan fingerprint density at radius 3 is 2.61 bits per heavy atom. The summed E-state index contributed by atoms with van der Waals surface area (Å²) in [5.41, 5.74) is 2.47. The minimum atomic E-state index is -0.348. The maximum atomic E-state index is 12.6. The number of anilines is 1. The minimum absolute atomic E-state index is 0.176. The van der Waals surface area contributed by atoms with Crippen molar-refractivity contribution >= 4 is 33.1 Å². The fourth-order valence-corrected chi connectivity index (χ4v) is 6.29. The molecular formula is C23H28N6O3S. The summed E-state index contributed by atoms with van der Waals surface area (Å²) in [7, 11) is 1.61. The normalized spacial score (nSPS) is 20.5. The molecule has 5 rings (SSSR count). The van der Waals surface area contributed by atoms with Gasteiger partial charge in [-0.15, -0.1) is 11.3 Å². The van der Waals surface area contributed by atoms with Gasteiger partial charge in [-0.25, -0.2) is 9.78 Å². The lowest BCUT2D eigenvalue weighted by molar-refractivity contribution is 0.0958. The Labute approximate surface area is 195 Å². The van der Waals surface area contributed by atoms with Gasteiger partial charge in [0.25, 0.3) is 11.5 Å². The average molecular weight is 469 g/mol. The van der Waals surface area contributed by atoms with Gasteiger partial charge < -0.3 is 15.2 Å². The van der Waals surface area contributed by atoms with Crippen molar-refractivity contribution in [2.75, 3.05) is 25.0 Å². The monoisotopic (exact) mass is 468 g/mol. The largest absolute Gasteiger partial charge is 0.367 e. The fourth-order valence-electron chi connectivity index (χ4n) is 5.22. The third kappa shape index (κ3) is 3.76. The van der Waals surface area contributed by atoms with E-state index < -0.39 is 0 Å². The number of rotatable bonds is 5. The van der Waals surface area contributed by atoms with Crippen LogP contribution >= 0.6 is 11.3 Å². The van der Waals surface area contributed by atoms with E-state index in [2.05, 4.69) is 25.1 Å². The highest BCUT2D eigenvalue weighted by Gasteiger charge is 2.40. The first-order valence-electron chi connectivity index (χ1n) is 11.4. The molecule has 3 aromatic rings. The smallest absolute Gasteiger partial charge is 0.328 e. The van der Waals surface area contributed by atoms with E-state index >= 15 is 0 Å². The molecule has 2 aliphatic heterocycles. The van der Waals surface area contributed by atoms with Crippen molar-refractivity contribution < 1.29 is 4.79 Å². The molecule has 2 saturated heterocycles. The van der Waals surface area contributed by atoms with Gasteiger partial charge in [0.1, 0.15) is 10.4 Å². The van der Waals surface area contributed by atoms with Crippen molar-refractivity contribution in [2.24, 2.45) is 0 Å². The Kier molecular flexibility index (Phi) is 5.57. The van der Waals surface area contributed by atoms with Gasteiger partial charge in [-0.05, 0) is 44.9 Å². The average Bonchev–Trinajstić information content (AvgIpc) is 3.29. The van der Waals surface area contributed by atoms with Crippen LogP contribution in [0.15, 0.2) is 27.8 Å². The highest BCUT2D eigenvalue weighted by molar-refractivity contribution is 7.18. The van der Waals surface area contributed by atoms with Crippen LogP contribution in [0.25, 0.3) is 10.2 Å². The van der Waals surface area contributed by atoms with Gasteiger partial charge in [0, 0.05) is 50.2 Å². The number of amides is 1. The second-order valence-electron chi connectivity index (χ2n) is 8.78. The van der Waals surface area contributed by atoms with E-state index in [1.54, 1.807) is 20.0 Å². The third-order valence-corrected chi connectivity index (χ3v) is 7.96. The molecule has 9 nitrogen and oxygen atoms in total. The molecule has 2 fully saturated rings. The summed E-state index contributed by atoms with van der Waals surface area (Å²) in [5, 5.41) is 2.62. The lowest BCUT2D eigenvalue weighted by atomic mass is 10.1. The highest BCUT2D eigenvalue weighted by Crippen LogP contribution is 2.35. The van der Waals surface area contributed by atoms with Crippen LogP contribution in [-0.4, -0.2) is 57.6 Å². The number of aromatic amines is 1. The van der Waals surface area contributed by atoms with Gasteiger partial charge >= 0.3 is 5.69 Å². The second kappa shape index (κ2) is 8.42. The molecule has 0 aliphatic carbocycles. The summed E-state index contributed by atoms with van der Waals surface area (Å²) in [6.07, 6.45) is 2.27. The summed E-state index contributed by atoms with van der Waals surface area (Å²) < 4.78 is 1.87. The van der Waals surface area contributed by atoms with Crippen molar-refractivity contribution in [3.05, 3.63) is 55.3 Å². The third-order valence-electron chi connectivity index (χ3n) is 6.86. The first-order chi connectivity index (χ1) is 15.9. The molecule has 3 aromatic heterocycles. The van der Waals surface area contributed by atoms with E-state index in [0.717, 1.165) is 48.7 Å². The zero-order valence-corrected chi connectivity index (χ0v) is 19.9. The maximum Gasteiger partial charge on any atom is 0.328 e. The van der Waals surface area contributed by atoms with Gasteiger partial charge in [0.15, 0.2) is 0 Å². The molecular weight excluding hydrogens is 440 g/mol. The van der Waals surface area contributed by atoms with Gasteiger partial charge in [-0.1, -0.05) is 0 Å². The van der Waals surface area contributed by atoms with Crippen molar-refractivity contribution in [3.8, 4) is 0 Å². The summed E-state index contributed by atoms with van der Waals surface area (Å²) in [4.78, 5) is 50.1. The summed E-state index contributed by atoms with van der Waals surface area (Å²) in [6.45, 7) is 6.71. The van der Waals surface area contributed by atoms with E-state index in [4.69, 9.17) is 0 Å². The Bertz CT molecular complexity index is 1330. The first-order valence-corrected chi connectivity index (χ1v) is 12.2. The number of nitrogens with zero attached hydrogens (tertiary/aromatic N) is 4. The molecule has 2 bridgehead atoms. The second-order valence-corrected chi connectivity index (χ2v) is 9.91. The molecule has 2 atom stereocenters. The molecule has 0 aromatic carbocycles. The maximum absolute atomic E-state index is 12.6. The number of hydrogen-bond acceptors (Lipinski definition) is 7. The summed E-state index contributed by atoms with van der Waals surface area (Å²) in [6, 6.07) is 6.58. The number of pyridine rings is 1. The lowest BCUT2D eigenvalue weighted by Gasteiger charge is -2.42. The number of nitrogens with one attached hydrogen (secondary N) is 2. The molecule has 0 saturated carbocycles. The Morgan fingerprint density at radius 2 is 1.97 bits per heavy atom.